The minimum absolute atomic E-state index is 0.169. The maximum absolute atomic E-state index is 12.5. The van der Waals surface area contributed by atoms with Crippen molar-refractivity contribution in [3.8, 4) is 5.75 Å². The maximum Gasteiger partial charge on any atom is 0.321 e. The van der Waals surface area contributed by atoms with Crippen molar-refractivity contribution in [1.29, 1.82) is 0 Å². The fourth-order valence-electron chi connectivity index (χ4n) is 3.23. The highest BCUT2D eigenvalue weighted by atomic mass is 32.2. The lowest BCUT2D eigenvalue weighted by Crippen LogP contribution is -2.38. The molecule has 0 saturated carbocycles. The zero-order valence-corrected chi connectivity index (χ0v) is 18.4. The van der Waals surface area contributed by atoms with Crippen LogP contribution in [-0.2, 0) is 17.8 Å². The first-order valence-electron chi connectivity index (χ1n) is 10.2. The Labute approximate surface area is 182 Å². The van der Waals surface area contributed by atoms with E-state index in [0.29, 0.717) is 25.3 Å². The Morgan fingerprint density at radius 3 is 2.30 bits per heavy atom. The van der Waals surface area contributed by atoms with Crippen molar-refractivity contribution in [1.82, 2.24) is 9.80 Å². The Balaban J connectivity index is 1.49. The summed E-state index contributed by atoms with van der Waals surface area (Å²) >= 11 is 1.89. The fraction of sp³-hybridized carbons (Fsp3) is 0.391. The van der Waals surface area contributed by atoms with E-state index in [0.717, 1.165) is 41.5 Å². The van der Waals surface area contributed by atoms with Gasteiger partial charge in [0.2, 0.25) is 5.91 Å². The molecule has 0 aliphatic carbocycles. The Kier molecular flexibility index (Phi) is 8.02. The van der Waals surface area contributed by atoms with Gasteiger partial charge in [0.25, 0.3) is 0 Å². The van der Waals surface area contributed by atoms with E-state index < -0.39 is 0 Å². The van der Waals surface area contributed by atoms with E-state index in [9.17, 15) is 9.59 Å². The lowest BCUT2D eigenvalue weighted by atomic mass is 10.1. The average Bonchev–Trinajstić information content (AvgIpc) is 2.77. The number of ether oxygens (including phenoxy) is 1. The molecule has 2 aromatic rings. The number of thioether (sulfide) groups is 1. The van der Waals surface area contributed by atoms with Crippen LogP contribution in [0.1, 0.15) is 18.1 Å². The number of hydrogen-bond acceptors (Lipinski definition) is 4. The topological polar surface area (TPSA) is 61.9 Å². The van der Waals surface area contributed by atoms with Gasteiger partial charge in [0.1, 0.15) is 5.75 Å². The Morgan fingerprint density at radius 2 is 1.67 bits per heavy atom. The van der Waals surface area contributed by atoms with Gasteiger partial charge in [-0.2, -0.15) is 11.8 Å². The van der Waals surface area contributed by atoms with E-state index >= 15 is 0 Å². The third-order valence-corrected chi connectivity index (χ3v) is 5.87. The van der Waals surface area contributed by atoms with Gasteiger partial charge in [-0.1, -0.05) is 24.3 Å². The van der Waals surface area contributed by atoms with Gasteiger partial charge in [-0.25, -0.2) is 4.79 Å². The Bertz CT molecular complexity index is 834. The van der Waals surface area contributed by atoms with E-state index in [-0.39, 0.29) is 11.9 Å². The van der Waals surface area contributed by atoms with Crippen molar-refractivity contribution in [2.45, 2.75) is 19.9 Å². The fourth-order valence-corrected chi connectivity index (χ4v) is 4.13. The van der Waals surface area contributed by atoms with Crippen LogP contribution in [0.5, 0.6) is 5.75 Å². The van der Waals surface area contributed by atoms with Crippen molar-refractivity contribution in [2.24, 2.45) is 0 Å². The van der Waals surface area contributed by atoms with Crippen LogP contribution in [0.25, 0.3) is 0 Å². The van der Waals surface area contributed by atoms with Crippen molar-refractivity contribution in [3.05, 3.63) is 59.7 Å². The largest absolute Gasteiger partial charge is 0.494 e. The summed E-state index contributed by atoms with van der Waals surface area (Å²) in [5.74, 6) is 3.02. The van der Waals surface area contributed by atoms with Gasteiger partial charge < -0.3 is 19.9 Å². The van der Waals surface area contributed by atoms with Crippen LogP contribution in [0.2, 0.25) is 0 Å². The average molecular weight is 428 g/mol. The molecule has 30 heavy (non-hydrogen) atoms. The summed E-state index contributed by atoms with van der Waals surface area (Å²) in [6.07, 6.45) is 0.399. The number of carbonyl (C=O) groups is 2. The van der Waals surface area contributed by atoms with Gasteiger partial charge in [-0.3, -0.25) is 4.79 Å². The van der Waals surface area contributed by atoms with Gasteiger partial charge >= 0.3 is 6.03 Å². The molecule has 0 atom stereocenters. The second kappa shape index (κ2) is 10.9. The summed E-state index contributed by atoms with van der Waals surface area (Å²) in [5, 5.41) is 2.90. The van der Waals surface area contributed by atoms with E-state index in [2.05, 4.69) is 5.32 Å². The first kappa shape index (κ1) is 22.0. The molecule has 1 saturated heterocycles. The molecule has 0 radical (unpaired) electrons. The molecule has 6 nitrogen and oxygen atoms in total. The summed E-state index contributed by atoms with van der Waals surface area (Å²) in [7, 11) is 1.76. The number of benzene rings is 2. The van der Waals surface area contributed by atoms with Crippen LogP contribution < -0.4 is 10.1 Å². The minimum atomic E-state index is -0.182. The van der Waals surface area contributed by atoms with Gasteiger partial charge in [-0.15, -0.1) is 0 Å². The summed E-state index contributed by atoms with van der Waals surface area (Å²) in [4.78, 5) is 28.4. The third kappa shape index (κ3) is 6.42. The number of hydrogen-bond donors (Lipinski definition) is 1. The van der Waals surface area contributed by atoms with Gasteiger partial charge in [-0.05, 0) is 42.3 Å². The number of nitrogens with one attached hydrogen (secondary N) is 1. The first-order valence-corrected chi connectivity index (χ1v) is 11.4. The quantitative estimate of drug-likeness (QED) is 0.729. The molecule has 0 aromatic heterocycles. The number of carbonyl (C=O) groups excluding carboxylic acids is 2. The minimum Gasteiger partial charge on any atom is -0.494 e. The Hall–Kier alpha value is -2.67. The van der Waals surface area contributed by atoms with Crippen LogP contribution >= 0.6 is 11.8 Å². The number of anilines is 1. The predicted octanol–water partition coefficient (Wildman–Crippen LogP) is 3.87. The van der Waals surface area contributed by atoms with Gasteiger partial charge in [0, 0.05) is 43.9 Å². The van der Waals surface area contributed by atoms with Crippen molar-refractivity contribution in [3.63, 3.8) is 0 Å². The molecule has 2 aromatic carbocycles. The molecule has 160 valence electrons. The molecule has 3 rings (SSSR count). The predicted molar refractivity (Wildman–Crippen MR) is 122 cm³/mol. The molecule has 1 N–H and O–H groups in total. The molecule has 1 fully saturated rings. The molecule has 1 aliphatic rings. The van der Waals surface area contributed by atoms with E-state index in [4.69, 9.17) is 4.74 Å². The summed E-state index contributed by atoms with van der Waals surface area (Å²) in [6.45, 7) is 4.74. The number of amides is 3. The van der Waals surface area contributed by atoms with Gasteiger partial charge in [0.05, 0.1) is 13.0 Å². The summed E-state index contributed by atoms with van der Waals surface area (Å²) < 4.78 is 5.44. The number of nitrogens with zero attached hydrogens (tertiary/aromatic N) is 2. The third-order valence-electron chi connectivity index (χ3n) is 4.93. The molecule has 1 aliphatic heterocycles. The number of rotatable bonds is 7. The molecule has 0 unspecified atom stereocenters. The molecular formula is C23H29N3O3S. The molecule has 1 heterocycles. The van der Waals surface area contributed by atoms with Crippen LogP contribution in [0.3, 0.4) is 0 Å². The normalized spacial score (nSPS) is 13.6. The lowest BCUT2D eigenvalue weighted by Gasteiger charge is -2.26. The highest BCUT2D eigenvalue weighted by Gasteiger charge is 2.17. The standard InChI is InChI=1S/C23H29N3O3S/c1-3-29-21-10-6-19(7-11-21)17-25(2)23(28)24-20-8-4-18(5-9-20)16-22(27)26-12-14-30-15-13-26/h4-11H,3,12-17H2,1-2H3,(H,24,28). The zero-order valence-electron chi connectivity index (χ0n) is 17.6. The highest BCUT2D eigenvalue weighted by molar-refractivity contribution is 7.99. The molecule has 0 spiro atoms. The summed E-state index contributed by atoms with van der Waals surface area (Å²) in [5.41, 5.74) is 2.70. The van der Waals surface area contributed by atoms with Crippen LogP contribution in [-0.4, -0.2) is 60.0 Å². The lowest BCUT2D eigenvalue weighted by molar-refractivity contribution is -0.130. The smallest absolute Gasteiger partial charge is 0.321 e. The zero-order chi connectivity index (χ0) is 21.3. The number of urea groups is 1. The van der Waals surface area contributed by atoms with E-state index in [1.54, 1.807) is 11.9 Å². The van der Waals surface area contributed by atoms with Crippen molar-refractivity contribution < 1.29 is 14.3 Å². The van der Waals surface area contributed by atoms with E-state index in [1.165, 1.54) is 0 Å². The van der Waals surface area contributed by atoms with E-state index in [1.807, 2.05) is 72.1 Å². The second-order valence-electron chi connectivity index (χ2n) is 7.23. The van der Waals surface area contributed by atoms with Crippen LogP contribution in [0, 0.1) is 0 Å². The van der Waals surface area contributed by atoms with Crippen LogP contribution in [0.4, 0.5) is 10.5 Å². The monoisotopic (exact) mass is 427 g/mol. The van der Waals surface area contributed by atoms with Crippen molar-refractivity contribution in [2.75, 3.05) is 43.6 Å². The SMILES string of the molecule is CCOc1ccc(CN(C)C(=O)Nc2ccc(CC(=O)N3CCSCC3)cc2)cc1. The molecular weight excluding hydrogens is 398 g/mol. The Morgan fingerprint density at radius 1 is 1.03 bits per heavy atom. The first-order chi connectivity index (χ1) is 14.5. The maximum atomic E-state index is 12.5. The molecule has 3 amide bonds. The van der Waals surface area contributed by atoms with Crippen LogP contribution in [0.15, 0.2) is 48.5 Å². The van der Waals surface area contributed by atoms with Gasteiger partial charge in [0.15, 0.2) is 0 Å². The second-order valence-corrected chi connectivity index (χ2v) is 8.45. The summed E-state index contributed by atoms with van der Waals surface area (Å²) in [6, 6.07) is 15.0. The molecule has 7 heteroatoms. The highest BCUT2D eigenvalue weighted by Crippen LogP contribution is 2.16. The van der Waals surface area contributed by atoms with Crippen molar-refractivity contribution >= 4 is 29.4 Å². The molecule has 0 bridgehead atoms.